The van der Waals surface area contributed by atoms with Crippen LogP contribution in [0.1, 0.15) is 10.1 Å². The highest BCUT2D eigenvalue weighted by atomic mass is 32.2. The standard InChI is InChI=1S/C10H11NO2S3/c11-7-9(8-3-1-5-14-8)16(12,13)10-4-2-6-15-10/h1-6,9H,7,11H2/p+1/t9-/m0/s1. The van der Waals surface area contributed by atoms with Gasteiger partial charge < -0.3 is 5.73 Å². The van der Waals surface area contributed by atoms with Crippen molar-refractivity contribution >= 4 is 32.5 Å². The lowest BCUT2D eigenvalue weighted by Gasteiger charge is -2.10. The van der Waals surface area contributed by atoms with E-state index >= 15 is 0 Å². The molecule has 2 aromatic heterocycles. The van der Waals surface area contributed by atoms with E-state index in [0.717, 1.165) is 4.88 Å². The average Bonchev–Trinajstić information content (AvgIpc) is 2.91. The van der Waals surface area contributed by atoms with Gasteiger partial charge in [0.05, 0.1) is 6.54 Å². The van der Waals surface area contributed by atoms with E-state index in [2.05, 4.69) is 5.73 Å². The van der Waals surface area contributed by atoms with Crippen LogP contribution in [-0.4, -0.2) is 15.0 Å². The van der Waals surface area contributed by atoms with Gasteiger partial charge in [-0.05, 0) is 22.9 Å². The van der Waals surface area contributed by atoms with Crippen LogP contribution >= 0.6 is 22.7 Å². The molecule has 0 radical (unpaired) electrons. The molecule has 86 valence electrons. The largest absolute Gasteiger partial charge is 0.356 e. The minimum absolute atomic E-state index is 0.362. The second kappa shape index (κ2) is 4.67. The van der Waals surface area contributed by atoms with Gasteiger partial charge in [-0.2, -0.15) is 0 Å². The minimum Gasteiger partial charge on any atom is -0.356 e. The van der Waals surface area contributed by atoms with Crippen LogP contribution in [0.4, 0.5) is 0 Å². The van der Waals surface area contributed by atoms with Gasteiger partial charge >= 0.3 is 0 Å². The summed E-state index contributed by atoms with van der Waals surface area (Å²) in [6.45, 7) is 0.362. The number of hydrogen-bond acceptors (Lipinski definition) is 4. The van der Waals surface area contributed by atoms with Crippen LogP contribution in [0, 0.1) is 0 Å². The first-order valence-corrected chi connectivity index (χ1v) is 8.07. The molecule has 3 nitrogen and oxygen atoms in total. The SMILES string of the molecule is [NH3+]C[C@@H](c1cccs1)S(=O)(=O)c1cccs1. The molecule has 0 bridgehead atoms. The molecule has 1 atom stereocenters. The van der Waals surface area contributed by atoms with E-state index in [1.54, 1.807) is 17.5 Å². The second-order valence-corrected chi connectivity index (χ2v) is 7.55. The first kappa shape index (κ1) is 11.8. The summed E-state index contributed by atoms with van der Waals surface area (Å²) in [5, 5.41) is 3.16. The molecule has 0 amide bonds. The third-order valence-corrected chi connectivity index (χ3v) is 6.99. The number of thiophene rings is 2. The van der Waals surface area contributed by atoms with E-state index in [-0.39, 0.29) is 0 Å². The van der Waals surface area contributed by atoms with Gasteiger partial charge in [0.1, 0.15) is 9.46 Å². The van der Waals surface area contributed by atoms with Crippen LogP contribution in [0.2, 0.25) is 0 Å². The van der Waals surface area contributed by atoms with Gasteiger partial charge in [0.2, 0.25) is 9.84 Å². The van der Waals surface area contributed by atoms with Gasteiger partial charge in [-0.15, -0.1) is 22.7 Å². The van der Waals surface area contributed by atoms with Crippen molar-refractivity contribution in [2.75, 3.05) is 6.54 Å². The van der Waals surface area contributed by atoms with E-state index in [9.17, 15) is 8.42 Å². The van der Waals surface area contributed by atoms with Crippen molar-refractivity contribution in [3.05, 3.63) is 39.9 Å². The molecule has 0 fully saturated rings. The lowest BCUT2D eigenvalue weighted by atomic mass is 10.3. The normalized spacial score (nSPS) is 13.8. The van der Waals surface area contributed by atoms with Crippen molar-refractivity contribution in [2.45, 2.75) is 9.46 Å². The lowest BCUT2D eigenvalue weighted by Crippen LogP contribution is -2.54. The van der Waals surface area contributed by atoms with E-state index in [0.29, 0.717) is 10.8 Å². The van der Waals surface area contributed by atoms with E-state index in [4.69, 9.17) is 0 Å². The predicted octanol–water partition coefficient (Wildman–Crippen LogP) is 1.57. The zero-order valence-electron chi connectivity index (χ0n) is 8.50. The van der Waals surface area contributed by atoms with Crippen molar-refractivity contribution in [2.24, 2.45) is 0 Å². The minimum atomic E-state index is -3.26. The van der Waals surface area contributed by atoms with Gasteiger partial charge in [-0.25, -0.2) is 8.42 Å². The van der Waals surface area contributed by atoms with E-state index < -0.39 is 15.1 Å². The van der Waals surface area contributed by atoms with E-state index in [1.165, 1.54) is 22.7 Å². The number of quaternary nitrogens is 1. The van der Waals surface area contributed by atoms with Gasteiger partial charge in [0.15, 0.2) is 0 Å². The Morgan fingerprint density at radius 3 is 2.38 bits per heavy atom. The Bertz CT molecular complexity index is 529. The predicted molar refractivity (Wildman–Crippen MR) is 66.3 cm³/mol. The van der Waals surface area contributed by atoms with Crippen LogP contribution in [0.15, 0.2) is 39.2 Å². The Hall–Kier alpha value is -0.690. The van der Waals surface area contributed by atoms with Crippen LogP contribution in [0.3, 0.4) is 0 Å². The molecule has 0 saturated heterocycles. The Morgan fingerprint density at radius 1 is 1.19 bits per heavy atom. The second-order valence-electron chi connectivity index (χ2n) is 3.27. The molecule has 0 aliphatic heterocycles. The fraction of sp³-hybridized carbons (Fsp3) is 0.200. The highest BCUT2D eigenvalue weighted by Gasteiger charge is 2.31. The molecule has 0 spiro atoms. The number of rotatable bonds is 4. The van der Waals surface area contributed by atoms with Crippen molar-refractivity contribution < 1.29 is 14.2 Å². The Balaban J connectivity index is 2.43. The molecule has 16 heavy (non-hydrogen) atoms. The molecule has 2 aromatic rings. The van der Waals surface area contributed by atoms with Gasteiger partial charge in [-0.1, -0.05) is 12.1 Å². The third-order valence-electron chi connectivity index (χ3n) is 2.27. The molecular weight excluding hydrogens is 262 g/mol. The third kappa shape index (κ3) is 2.06. The molecule has 6 heteroatoms. The quantitative estimate of drug-likeness (QED) is 0.920. The molecule has 3 N–H and O–H groups in total. The summed E-state index contributed by atoms with van der Waals surface area (Å²) in [7, 11) is -3.26. The van der Waals surface area contributed by atoms with Gasteiger partial charge in [0, 0.05) is 4.88 Å². The molecule has 0 saturated carbocycles. The Kier molecular flexibility index (Phi) is 3.44. The first-order valence-electron chi connectivity index (χ1n) is 4.76. The summed E-state index contributed by atoms with van der Waals surface area (Å²) in [5.41, 5.74) is 3.75. The summed E-state index contributed by atoms with van der Waals surface area (Å²) in [4.78, 5) is 0.864. The molecular formula is C10H12NO2S3+. The number of hydrogen-bond donors (Lipinski definition) is 1. The Labute approximate surface area is 102 Å². The lowest BCUT2D eigenvalue weighted by molar-refractivity contribution is -0.367. The van der Waals surface area contributed by atoms with Crippen molar-refractivity contribution in [1.82, 2.24) is 0 Å². The summed E-state index contributed by atoms with van der Waals surface area (Å²) in [6, 6.07) is 7.13. The van der Waals surface area contributed by atoms with Crippen LogP contribution in [0.25, 0.3) is 0 Å². The highest BCUT2D eigenvalue weighted by molar-refractivity contribution is 7.93. The summed E-state index contributed by atoms with van der Waals surface area (Å²) < 4.78 is 25.0. The summed E-state index contributed by atoms with van der Waals surface area (Å²) in [5.74, 6) is 0. The fourth-order valence-corrected chi connectivity index (χ4v) is 5.52. The highest BCUT2D eigenvalue weighted by Crippen LogP contribution is 2.32. The van der Waals surface area contributed by atoms with Crippen molar-refractivity contribution in [1.29, 1.82) is 0 Å². The smallest absolute Gasteiger partial charge is 0.201 e. The molecule has 0 aliphatic carbocycles. The molecule has 0 aromatic carbocycles. The maximum absolute atomic E-state index is 12.3. The van der Waals surface area contributed by atoms with Crippen molar-refractivity contribution in [3.8, 4) is 0 Å². The van der Waals surface area contributed by atoms with Crippen LogP contribution < -0.4 is 5.73 Å². The van der Waals surface area contributed by atoms with Crippen LogP contribution in [-0.2, 0) is 9.84 Å². The molecule has 0 unspecified atom stereocenters. The summed E-state index contributed by atoms with van der Waals surface area (Å²) >= 11 is 2.72. The monoisotopic (exact) mass is 274 g/mol. The Morgan fingerprint density at radius 2 is 1.88 bits per heavy atom. The topological polar surface area (TPSA) is 61.8 Å². The van der Waals surface area contributed by atoms with Gasteiger partial charge in [-0.3, -0.25) is 0 Å². The van der Waals surface area contributed by atoms with Crippen LogP contribution in [0.5, 0.6) is 0 Å². The number of sulfone groups is 1. The average molecular weight is 274 g/mol. The zero-order chi connectivity index (χ0) is 11.6. The fourth-order valence-electron chi connectivity index (χ4n) is 1.49. The molecule has 2 rings (SSSR count). The maximum Gasteiger partial charge on any atom is 0.201 e. The maximum atomic E-state index is 12.3. The van der Waals surface area contributed by atoms with Gasteiger partial charge in [0.25, 0.3) is 0 Å². The molecule has 2 heterocycles. The summed E-state index contributed by atoms with van der Waals surface area (Å²) in [6.07, 6.45) is 0. The molecule has 0 aliphatic rings. The zero-order valence-corrected chi connectivity index (χ0v) is 10.9. The van der Waals surface area contributed by atoms with E-state index in [1.807, 2.05) is 17.5 Å². The first-order chi connectivity index (χ1) is 7.66. The van der Waals surface area contributed by atoms with Crippen molar-refractivity contribution in [3.63, 3.8) is 0 Å².